The van der Waals surface area contributed by atoms with E-state index in [-0.39, 0.29) is 0 Å². The molecule has 3 aromatic rings. The quantitative estimate of drug-likeness (QED) is 0.688. The molecule has 0 radical (unpaired) electrons. The first kappa shape index (κ1) is 14.8. The van der Waals surface area contributed by atoms with Crippen LogP contribution in [0.3, 0.4) is 0 Å². The fourth-order valence-electron chi connectivity index (χ4n) is 3.14. The summed E-state index contributed by atoms with van der Waals surface area (Å²) in [6, 6.07) is 4.29. The summed E-state index contributed by atoms with van der Waals surface area (Å²) in [4.78, 5) is 11.6. The van der Waals surface area contributed by atoms with Crippen LogP contribution in [0.4, 0.5) is 0 Å². The third-order valence-electron chi connectivity index (χ3n) is 4.42. The monoisotopic (exact) mass is 372 g/mol. The zero-order valence-electron chi connectivity index (χ0n) is 13.1. The number of aromatic nitrogens is 3. The molecule has 0 atom stereocenters. The number of aryl methyl sites for hydroxylation is 2. The molecule has 118 valence electrons. The molecule has 3 aromatic heterocycles. The van der Waals surface area contributed by atoms with Crippen molar-refractivity contribution < 1.29 is 4.52 Å². The summed E-state index contributed by atoms with van der Waals surface area (Å²) in [5, 5.41) is 5.13. The number of rotatable bonds is 2. The first-order valence-corrected chi connectivity index (χ1v) is 8.47. The Kier molecular flexibility index (Phi) is 3.66. The van der Waals surface area contributed by atoms with Crippen molar-refractivity contribution in [3.05, 3.63) is 51.1 Å². The minimum absolute atomic E-state index is 0.825. The van der Waals surface area contributed by atoms with Crippen LogP contribution in [0.25, 0.3) is 11.0 Å². The maximum Gasteiger partial charge on any atom is 0.159 e. The van der Waals surface area contributed by atoms with Gasteiger partial charge in [-0.3, -0.25) is 4.90 Å². The van der Waals surface area contributed by atoms with E-state index in [0.717, 1.165) is 53.0 Å². The van der Waals surface area contributed by atoms with Crippen molar-refractivity contribution in [3.63, 3.8) is 0 Å². The van der Waals surface area contributed by atoms with Crippen molar-refractivity contribution in [2.45, 2.75) is 33.4 Å². The normalized spacial score (nSPS) is 15.1. The van der Waals surface area contributed by atoms with Crippen molar-refractivity contribution in [2.24, 2.45) is 0 Å². The summed E-state index contributed by atoms with van der Waals surface area (Å²) in [6.07, 6.45) is 2.75. The second-order valence-corrected chi connectivity index (χ2v) is 6.97. The average Bonchev–Trinajstić information content (AvgIpc) is 2.85. The van der Waals surface area contributed by atoms with E-state index < -0.39 is 0 Å². The van der Waals surface area contributed by atoms with Crippen LogP contribution in [-0.2, 0) is 19.5 Å². The van der Waals surface area contributed by atoms with Gasteiger partial charge >= 0.3 is 0 Å². The van der Waals surface area contributed by atoms with Gasteiger partial charge in [0.15, 0.2) is 5.65 Å². The molecule has 5 nitrogen and oxygen atoms in total. The SMILES string of the molecule is Cc1noc(C)c1CN1CCc2nc3ncc(Br)cc3cc2C1. The lowest BCUT2D eigenvalue weighted by atomic mass is 10.0. The molecule has 0 saturated carbocycles. The molecule has 0 unspecified atom stereocenters. The lowest BCUT2D eigenvalue weighted by Gasteiger charge is -2.28. The van der Waals surface area contributed by atoms with Crippen LogP contribution in [0.1, 0.15) is 28.3 Å². The lowest BCUT2D eigenvalue weighted by Crippen LogP contribution is -2.31. The highest BCUT2D eigenvalue weighted by Crippen LogP contribution is 2.25. The number of nitrogens with zero attached hydrogens (tertiary/aromatic N) is 4. The molecule has 0 bridgehead atoms. The number of pyridine rings is 2. The van der Waals surface area contributed by atoms with Gasteiger partial charge in [-0.05, 0) is 47.5 Å². The van der Waals surface area contributed by atoms with Gasteiger partial charge in [0.2, 0.25) is 0 Å². The molecule has 0 aromatic carbocycles. The number of halogens is 1. The van der Waals surface area contributed by atoms with Gasteiger partial charge in [0, 0.05) is 53.4 Å². The zero-order valence-corrected chi connectivity index (χ0v) is 14.7. The van der Waals surface area contributed by atoms with Crippen molar-refractivity contribution >= 4 is 27.0 Å². The highest BCUT2D eigenvalue weighted by molar-refractivity contribution is 9.10. The lowest BCUT2D eigenvalue weighted by molar-refractivity contribution is 0.242. The van der Waals surface area contributed by atoms with Gasteiger partial charge < -0.3 is 4.52 Å². The van der Waals surface area contributed by atoms with E-state index in [9.17, 15) is 0 Å². The van der Waals surface area contributed by atoms with Gasteiger partial charge in [0.05, 0.1) is 5.69 Å². The van der Waals surface area contributed by atoms with Crippen LogP contribution >= 0.6 is 15.9 Å². The average molecular weight is 373 g/mol. The molecule has 0 fully saturated rings. The third-order valence-corrected chi connectivity index (χ3v) is 4.86. The van der Waals surface area contributed by atoms with Gasteiger partial charge in [-0.25, -0.2) is 9.97 Å². The first-order chi connectivity index (χ1) is 11.1. The molecule has 6 heteroatoms. The summed E-state index contributed by atoms with van der Waals surface area (Å²) in [6.45, 7) is 6.74. The maximum atomic E-state index is 5.27. The topological polar surface area (TPSA) is 55.1 Å². The van der Waals surface area contributed by atoms with E-state index in [4.69, 9.17) is 9.51 Å². The Balaban J connectivity index is 1.63. The Morgan fingerprint density at radius 2 is 2.17 bits per heavy atom. The molecule has 0 N–H and O–H groups in total. The van der Waals surface area contributed by atoms with Crippen LogP contribution in [0.5, 0.6) is 0 Å². The number of hydrogen-bond acceptors (Lipinski definition) is 5. The van der Waals surface area contributed by atoms with E-state index in [1.165, 1.54) is 16.8 Å². The minimum atomic E-state index is 0.825. The third kappa shape index (κ3) is 2.77. The van der Waals surface area contributed by atoms with Crippen LogP contribution < -0.4 is 0 Å². The largest absolute Gasteiger partial charge is 0.361 e. The predicted octanol–water partition coefficient (Wildman–Crippen LogP) is 3.56. The van der Waals surface area contributed by atoms with E-state index in [2.05, 4.69) is 43.1 Å². The van der Waals surface area contributed by atoms with Gasteiger partial charge in [0.25, 0.3) is 0 Å². The molecule has 0 saturated heterocycles. The van der Waals surface area contributed by atoms with Gasteiger partial charge in [-0.15, -0.1) is 0 Å². The summed E-state index contributed by atoms with van der Waals surface area (Å²) >= 11 is 3.48. The second-order valence-electron chi connectivity index (χ2n) is 6.06. The Morgan fingerprint density at radius 3 is 2.96 bits per heavy atom. The van der Waals surface area contributed by atoms with E-state index >= 15 is 0 Å². The molecular weight excluding hydrogens is 356 g/mol. The summed E-state index contributed by atoms with van der Waals surface area (Å²) in [7, 11) is 0. The Bertz CT molecular complexity index is 870. The first-order valence-electron chi connectivity index (χ1n) is 7.68. The molecule has 23 heavy (non-hydrogen) atoms. The Hall–Kier alpha value is -1.79. The Morgan fingerprint density at radius 1 is 1.30 bits per heavy atom. The van der Waals surface area contributed by atoms with Crippen molar-refractivity contribution in [2.75, 3.05) is 6.54 Å². The summed E-state index contributed by atoms with van der Waals surface area (Å²) in [5.41, 5.74) is 5.47. The molecule has 4 rings (SSSR count). The van der Waals surface area contributed by atoms with Crippen LogP contribution in [0.15, 0.2) is 27.3 Å². The standard InChI is InChI=1S/C17H17BrN4O/c1-10-15(11(2)23-21-10)9-22-4-3-16-13(8-22)5-12-6-14(18)7-19-17(12)20-16/h5-7H,3-4,8-9H2,1-2H3. The van der Waals surface area contributed by atoms with Gasteiger partial charge in [0.1, 0.15) is 5.76 Å². The van der Waals surface area contributed by atoms with E-state index in [0.29, 0.717) is 0 Å². The predicted molar refractivity (Wildman–Crippen MR) is 91.0 cm³/mol. The Labute approximate surface area is 142 Å². The maximum absolute atomic E-state index is 5.27. The minimum Gasteiger partial charge on any atom is -0.361 e. The van der Waals surface area contributed by atoms with Crippen molar-refractivity contribution in [3.8, 4) is 0 Å². The van der Waals surface area contributed by atoms with Crippen LogP contribution in [0.2, 0.25) is 0 Å². The van der Waals surface area contributed by atoms with E-state index in [1.807, 2.05) is 13.8 Å². The van der Waals surface area contributed by atoms with Crippen LogP contribution in [-0.4, -0.2) is 26.6 Å². The number of fused-ring (bicyclic) bond motifs is 2. The highest BCUT2D eigenvalue weighted by Gasteiger charge is 2.21. The fourth-order valence-corrected chi connectivity index (χ4v) is 3.49. The number of hydrogen-bond donors (Lipinski definition) is 0. The summed E-state index contributed by atoms with van der Waals surface area (Å²) in [5.74, 6) is 0.915. The van der Waals surface area contributed by atoms with Crippen molar-refractivity contribution in [1.82, 2.24) is 20.0 Å². The fraction of sp³-hybridized carbons (Fsp3) is 0.353. The van der Waals surface area contributed by atoms with Gasteiger partial charge in [-0.2, -0.15) is 0 Å². The highest BCUT2D eigenvalue weighted by atomic mass is 79.9. The molecule has 0 spiro atoms. The van der Waals surface area contributed by atoms with Gasteiger partial charge in [-0.1, -0.05) is 5.16 Å². The molecule has 1 aliphatic rings. The molecule has 0 aliphatic carbocycles. The van der Waals surface area contributed by atoms with Crippen molar-refractivity contribution in [1.29, 1.82) is 0 Å². The second kappa shape index (κ2) is 5.69. The molecular formula is C17H17BrN4O. The zero-order chi connectivity index (χ0) is 16.0. The molecule has 0 amide bonds. The molecule has 4 heterocycles. The van der Waals surface area contributed by atoms with Crippen LogP contribution in [0, 0.1) is 13.8 Å². The van der Waals surface area contributed by atoms with E-state index in [1.54, 1.807) is 6.20 Å². The summed E-state index contributed by atoms with van der Waals surface area (Å²) < 4.78 is 6.26. The smallest absolute Gasteiger partial charge is 0.159 e. The molecule has 1 aliphatic heterocycles.